The van der Waals surface area contributed by atoms with E-state index in [4.69, 9.17) is 4.74 Å². The predicted octanol–water partition coefficient (Wildman–Crippen LogP) is 3.96. The Kier molecular flexibility index (Phi) is 5.81. The molecule has 1 atom stereocenters. The van der Waals surface area contributed by atoms with Gasteiger partial charge in [-0.2, -0.15) is 11.3 Å². The van der Waals surface area contributed by atoms with Gasteiger partial charge in [0.15, 0.2) is 0 Å². The molecule has 112 valence electrons. The number of ether oxygens (including phenoxy) is 1. The van der Waals surface area contributed by atoms with Crippen molar-refractivity contribution in [2.45, 2.75) is 32.2 Å². The summed E-state index contributed by atoms with van der Waals surface area (Å²) >= 11 is 1.66. The van der Waals surface area contributed by atoms with E-state index in [0.717, 1.165) is 24.2 Å². The van der Waals surface area contributed by atoms with Crippen molar-refractivity contribution in [2.24, 2.45) is 0 Å². The number of rotatable bonds is 7. The fourth-order valence-electron chi connectivity index (χ4n) is 2.31. The van der Waals surface area contributed by atoms with Crippen LogP contribution in [0, 0.1) is 0 Å². The van der Waals surface area contributed by atoms with Crippen LogP contribution in [0.4, 0.5) is 0 Å². The van der Waals surface area contributed by atoms with Crippen molar-refractivity contribution in [3.63, 3.8) is 0 Å². The van der Waals surface area contributed by atoms with E-state index in [9.17, 15) is 4.79 Å². The van der Waals surface area contributed by atoms with Gasteiger partial charge in [-0.15, -0.1) is 0 Å². The first-order valence-electron chi connectivity index (χ1n) is 7.18. The number of amides is 1. The minimum Gasteiger partial charge on any atom is -0.496 e. The van der Waals surface area contributed by atoms with Crippen LogP contribution in [-0.4, -0.2) is 13.0 Å². The summed E-state index contributed by atoms with van der Waals surface area (Å²) < 4.78 is 5.38. The third-order valence-electron chi connectivity index (χ3n) is 3.48. The summed E-state index contributed by atoms with van der Waals surface area (Å²) in [6, 6.07) is 9.90. The fraction of sp³-hybridized carbons (Fsp3) is 0.353. The van der Waals surface area contributed by atoms with Crippen LogP contribution in [0.3, 0.4) is 0 Å². The van der Waals surface area contributed by atoms with Gasteiger partial charge in [-0.25, -0.2) is 0 Å². The van der Waals surface area contributed by atoms with Gasteiger partial charge < -0.3 is 10.1 Å². The molecule has 2 rings (SSSR count). The molecule has 3 nitrogen and oxygen atoms in total. The van der Waals surface area contributed by atoms with Crippen LogP contribution in [0.15, 0.2) is 41.1 Å². The van der Waals surface area contributed by atoms with Crippen molar-refractivity contribution >= 4 is 17.2 Å². The minimum atomic E-state index is -0.00359. The van der Waals surface area contributed by atoms with Crippen molar-refractivity contribution in [3.8, 4) is 5.75 Å². The van der Waals surface area contributed by atoms with Crippen LogP contribution >= 0.6 is 11.3 Å². The molecule has 1 aromatic carbocycles. The maximum absolute atomic E-state index is 12.1. The summed E-state index contributed by atoms with van der Waals surface area (Å²) in [5, 5.41) is 7.23. The molecule has 1 aromatic heterocycles. The van der Waals surface area contributed by atoms with Gasteiger partial charge in [0.05, 0.1) is 13.2 Å². The summed E-state index contributed by atoms with van der Waals surface area (Å²) in [6.07, 6.45) is 2.14. The third-order valence-corrected chi connectivity index (χ3v) is 4.21. The number of aryl methyl sites for hydroxylation is 1. The highest BCUT2D eigenvalue weighted by Crippen LogP contribution is 2.26. The Morgan fingerprint density at radius 1 is 1.33 bits per heavy atom. The molecule has 0 bridgehead atoms. The second kappa shape index (κ2) is 7.84. The molecule has 1 heterocycles. The Morgan fingerprint density at radius 3 is 2.81 bits per heavy atom. The van der Waals surface area contributed by atoms with Gasteiger partial charge in [0, 0.05) is 12.0 Å². The first-order chi connectivity index (χ1) is 10.2. The molecule has 0 saturated heterocycles. The molecule has 1 N–H and O–H groups in total. The van der Waals surface area contributed by atoms with Crippen molar-refractivity contribution in [1.82, 2.24) is 5.32 Å². The molecule has 0 aliphatic heterocycles. The maximum Gasteiger partial charge on any atom is 0.220 e. The maximum atomic E-state index is 12.1. The molecule has 0 unspecified atom stereocenters. The fourth-order valence-corrected chi connectivity index (χ4v) is 3.02. The molecule has 1 amide bonds. The summed E-state index contributed by atoms with van der Waals surface area (Å²) in [5.74, 6) is 0.904. The number of thiophene rings is 1. The van der Waals surface area contributed by atoms with E-state index in [1.54, 1.807) is 18.4 Å². The molecule has 0 radical (unpaired) electrons. The van der Waals surface area contributed by atoms with Crippen LogP contribution in [0.1, 0.15) is 36.9 Å². The summed E-state index contributed by atoms with van der Waals surface area (Å²) in [6.45, 7) is 2.07. The Balaban J connectivity index is 1.96. The number of nitrogens with one attached hydrogen (secondary N) is 1. The zero-order chi connectivity index (χ0) is 15.1. The third kappa shape index (κ3) is 4.33. The molecule has 0 saturated carbocycles. The normalized spacial score (nSPS) is 11.9. The van der Waals surface area contributed by atoms with Gasteiger partial charge in [-0.05, 0) is 41.3 Å². The van der Waals surface area contributed by atoms with Crippen molar-refractivity contribution in [1.29, 1.82) is 0 Å². The Morgan fingerprint density at radius 2 is 2.14 bits per heavy atom. The Bertz CT molecular complexity index is 566. The molecule has 0 fully saturated rings. The van der Waals surface area contributed by atoms with Crippen LogP contribution in [-0.2, 0) is 11.2 Å². The molecule has 21 heavy (non-hydrogen) atoms. The zero-order valence-corrected chi connectivity index (χ0v) is 13.3. The smallest absolute Gasteiger partial charge is 0.220 e. The van der Waals surface area contributed by atoms with Gasteiger partial charge in [-0.3, -0.25) is 4.79 Å². The zero-order valence-electron chi connectivity index (χ0n) is 12.5. The van der Waals surface area contributed by atoms with Crippen LogP contribution in [0.2, 0.25) is 0 Å². The molecule has 0 spiro atoms. The first-order valence-corrected chi connectivity index (χ1v) is 8.12. The van der Waals surface area contributed by atoms with Gasteiger partial charge in [-0.1, -0.05) is 25.1 Å². The second-order valence-electron chi connectivity index (χ2n) is 4.90. The Labute approximate surface area is 130 Å². The lowest BCUT2D eigenvalue weighted by Gasteiger charge is -2.19. The molecule has 4 heteroatoms. The number of hydrogen-bond acceptors (Lipinski definition) is 3. The highest BCUT2D eigenvalue weighted by Gasteiger charge is 2.16. The highest BCUT2D eigenvalue weighted by molar-refractivity contribution is 7.07. The van der Waals surface area contributed by atoms with Gasteiger partial charge in [0.25, 0.3) is 0 Å². The summed E-state index contributed by atoms with van der Waals surface area (Å²) in [7, 11) is 1.66. The number of hydrogen-bond donors (Lipinski definition) is 1. The van der Waals surface area contributed by atoms with E-state index in [1.165, 1.54) is 5.56 Å². The van der Waals surface area contributed by atoms with E-state index in [1.807, 2.05) is 29.6 Å². The summed E-state index contributed by atoms with van der Waals surface area (Å²) in [4.78, 5) is 12.1. The monoisotopic (exact) mass is 303 g/mol. The van der Waals surface area contributed by atoms with Gasteiger partial charge in [0.2, 0.25) is 5.91 Å². The topological polar surface area (TPSA) is 38.3 Å². The first kappa shape index (κ1) is 15.6. The number of methoxy groups -OCH3 is 1. The van der Waals surface area contributed by atoms with Crippen molar-refractivity contribution < 1.29 is 9.53 Å². The van der Waals surface area contributed by atoms with Crippen LogP contribution < -0.4 is 10.1 Å². The number of para-hydroxylation sites is 1. The minimum absolute atomic E-state index is 0.00359. The molecule has 0 aliphatic rings. The largest absolute Gasteiger partial charge is 0.496 e. The van der Waals surface area contributed by atoms with Crippen LogP contribution in [0.25, 0.3) is 0 Å². The lowest BCUT2D eigenvalue weighted by molar-refractivity contribution is -0.121. The Hall–Kier alpha value is -1.81. The van der Waals surface area contributed by atoms with Gasteiger partial charge >= 0.3 is 0 Å². The lowest BCUT2D eigenvalue weighted by atomic mass is 10.0. The van der Waals surface area contributed by atoms with Crippen molar-refractivity contribution in [2.75, 3.05) is 7.11 Å². The van der Waals surface area contributed by atoms with E-state index in [-0.39, 0.29) is 11.9 Å². The van der Waals surface area contributed by atoms with Gasteiger partial charge in [0.1, 0.15) is 5.75 Å². The SMILES string of the molecule is CC[C@@H](NC(=O)CCc1ccsc1)c1ccccc1OC. The lowest BCUT2D eigenvalue weighted by Crippen LogP contribution is -2.28. The average molecular weight is 303 g/mol. The molecule has 0 aliphatic carbocycles. The molecule has 2 aromatic rings. The van der Waals surface area contributed by atoms with Crippen LogP contribution in [0.5, 0.6) is 5.75 Å². The summed E-state index contributed by atoms with van der Waals surface area (Å²) in [5.41, 5.74) is 2.26. The standard InChI is InChI=1S/C17H21NO2S/c1-3-15(14-6-4-5-7-16(14)20-2)18-17(19)9-8-13-10-11-21-12-13/h4-7,10-12,15H,3,8-9H2,1-2H3,(H,18,19)/t15-/m1/s1. The molecular formula is C17H21NO2S. The second-order valence-corrected chi connectivity index (χ2v) is 5.68. The number of carbonyl (C=O) groups excluding carboxylic acids is 1. The van der Waals surface area contributed by atoms with E-state index >= 15 is 0 Å². The van der Waals surface area contributed by atoms with Crippen molar-refractivity contribution in [3.05, 3.63) is 52.2 Å². The highest BCUT2D eigenvalue weighted by atomic mass is 32.1. The average Bonchev–Trinajstić information content (AvgIpc) is 3.04. The molecular weight excluding hydrogens is 282 g/mol. The number of carbonyl (C=O) groups is 1. The quantitative estimate of drug-likeness (QED) is 0.841. The van der Waals surface area contributed by atoms with E-state index < -0.39 is 0 Å². The van der Waals surface area contributed by atoms with E-state index in [2.05, 4.69) is 23.7 Å². The number of benzene rings is 1. The van der Waals surface area contributed by atoms with E-state index in [0.29, 0.717) is 6.42 Å². The predicted molar refractivity (Wildman–Crippen MR) is 86.8 cm³/mol.